The number of nitrogens with zero attached hydrogens (tertiary/aromatic N) is 3. The van der Waals surface area contributed by atoms with Gasteiger partial charge in [0.2, 0.25) is 5.82 Å². The third kappa shape index (κ3) is 4.59. The Bertz CT molecular complexity index is 1110. The largest absolute Gasteiger partial charge is 0.493 e. The number of hydrogen-bond acceptors (Lipinski definition) is 6. The average molecular weight is 486 g/mol. The van der Waals surface area contributed by atoms with Crippen LogP contribution in [0, 0.1) is 17.6 Å². The minimum absolute atomic E-state index is 0.0185. The Morgan fingerprint density at radius 3 is 2.56 bits per heavy atom. The Hall–Kier alpha value is -3.15. The van der Waals surface area contributed by atoms with Gasteiger partial charge in [0.1, 0.15) is 11.5 Å². The number of fused-ring (bicyclic) bond motifs is 1. The molecule has 34 heavy (non-hydrogen) atoms. The molecule has 1 amide bonds. The molecule has 0 saturated heterocycles. The molecule has 2 aliphatic heterocycles. The monoisotopic (exact) mass is 486 g/mol. The van der Waals surface area contributed by atoms with Gasteiger partial charge in [-0.2, -0.15) is 17.6 Å². The minimum atomic E-state index is -5.01. The molecule has 0 radical (unpaired) electrons. The molecule has 2 heterocycles. The zero-order valence-corrected chi connectivity index (χ0v) is 18.5. The van der Waals surface area contributed by atoms with E-state index in [4.69, 9.17) is 10.5 Å². The van der Waals surface area contributed by atoms with Crippen molar-refractivity contribution in [3.63, 3.8) is 0 Å². The van der Waals surface area contributed by atoms with Gasteiger partial charge in [0.15, 0.2) is 17.2 Å². The van der Waals surface area contributed by atoms with Crippen molar-refractivity contribution >= 4 is 24.2 Å². The van der Waals surface area contributed by atoms with Crippen LogP contribution < -0.4 is 10.5 Å². The van der Waals surface area contributed by atoms with Gasteiger partial charge >= 0.3 is 6.18 Å². The predicted molar refractivity (Wildman–Crippen MR) is 115 cm³/mol. The van der Waals surface area contributed by atoms with Gasteiger partial charge < -0.3 is 15.6 Å². The number of nitrogens with two attached hydrogens (primary N) is 1. The average Bonchev–Trinajstić information content (AvgIpc) is 2.77. The molecule has 12 heteroatoms. The van der Waals surface area contributed by atoms with Crippen molar-refractivity contribution in [1.82, 2.24) is 0 Å². The van der Waals surface area contributed by atoms with E-state index in [1.165, 1.54) is 12.4 Å². The lowest BCUT2D eigenvalue weighted by Gasteiger charge is -2.38. The molecule has 0 fully saturated rings. The highest BCUT2D eigenvalue weighted by Crippen LogP contribution is 2.46. The van der Waals surface area contributed by atoms with Crippen LogP contribution in [0.1, 0.15) is 38.2 Å². The van der Waals surface area contributed by atoms with E-state index in [9.17, 15) is 31.9 Å². The highest BCUT2D eigenvalue weighted by Gasteiger charge is 2.55. The lowest BCUT2D eigenvalue weighted by atomic mass is 9.74. The van der Waals surface area contributed by atoms with Crippen LogP contribution in [0.2, 0.25) is 0 Å². The first-order valence-electron chi connectivity index (χ1n) is 10.3. The zero-order chi connectivity index (χ0) is 25.4. The molecule has 7 nitrogen and oxygen atoms in total. The number of aliphatic imine (C=N–C) groups is 3. The first kappa shape index (κ1) is 25.5. The van der Waals surface area contributed by atoms with Gasteiger partial charge in [-0.25, -0.2) is 9.38 Å². The molecule has 184 valence electrons. The normalized spacial score (nSPS) is 21.4. The second-order valence-corrected chi connectivity index (χ2v) is 8.26. The molecule has 0 aliphatic carbocycles. The number of primary amides is 1. The Labute approximate surface area is 191 Å². The van der Waals surface area contributed by atoms with Crippen LogP contribution in [-0.4, -0.2) is 54.2 Å². The molecule has 2 aliphatic rings. The number of amidine groups is 1. The number of methoxy groups -OCH3 is 1. The summed E-state index contributed by atoms with van der Waals surface area (Å²) in [5.41, 5.74) is 2.40. The predicted octanol–water partition coefficient (Wildman–Crippen LogP) is 3.46. The van der Waals surface area contributed by atoms with Crippen LogP contribution in [0.4, 0.5) is 22.0 Å². The van der Waals surface area contributed by atoms with E-state index < -0.39 is 52.9 Å². The third-order valence-electron chi connectivity index (χ3n) is 6.22. The van der Waals surface area contributed by atoms with Gasteiger partial charge in [0.25, 0.3) is 5.91 Å². The summed E-state index contributed by atoms with van der Waals surface area (Å²) in [4.78, 5) is 24.1. The number of benzene rings is 1. The lowest BCUT2D eigenvalue weighted by molar-refractivity contribution is -0.272. The van der Waals surface area contributed by atoms with Crippen molar-refractivity contribution in [2.75, 3.05) is 7.11 Å². The van der Waals surface area contributed by atoms with Gasteiger partial charge in [-0.15, -0.1) is 0 Å². The third-order valence-corrected chi connectivity index (χ3v) is 6.22. The van der Waals surface area contributed by atoms with Crippen molar-refractivity contribution in [2.24, 2.45) is 26.6 Å². The topological polar surface area (TPSA) is 110 Å². The van der Waals surface area contributed by atoms with E-state index in [1.807, 2.05) is 0 Å². The van der Waals surface area contributed by atoms with E-state index in [1.54, 1.807) is 0 Å². The van der Waals surface area contributed by atoms with Crippen LogP contribution in [0.5, 0.6) is 5.75 Å². The number of aliphatic hydroxyl groups is 1. The summed E-state index contributed by atoms with van der Waals surface area (Å²) in [6, 6.07) is 1.30. The summed E-state index contributed by atoms with van der Waals surface area (Å²) in [5, 5.41) is 10.4. The maximum absolute atomic E-state index is 14.4. The fourth-order valence-electron chi connectivity index (χ4n) is 3.99. The summed E-state index contributed by atoms with van der Waals surface area (Å²) in [7, 11) is 1.06. The molecular formula is C22H23F5N4O3. The Morgan fingerprint density at radius 2 is 1.97 bits per heavy atom. The Balaban J connectivity index is 2.07. The maximum Gasteiger partial charge on any atom is 0.417 e. The second-order valence-electron chi connectivity index (χ2n) is 8.26. The van der Waals surface area contributed by atoms with Crippen molar-refractivity contribution in [3.05, 3.63) is 40.6 Å². The molecule has 1 aromatic carbocycles. The fourth-order valence-corrected chi connectivity index (χ4v) is 3.99. The van der Waals surface area contributed by atoms with E-state index >= 15 is 0 Å². The molecule has 3 rings (SSSR count). The SMILES string of the molecule is COc1c(C(CC2=NC3CC=NC(C(N)=O)=C3C=N2)C(C)[C@@](C)(O)C(F)(F)F)ccc(F)c1F. The summed E-state index contributed by atoms with van der Waals surface area (Å²) in [6.07, 6.45) is -2.22. The molecule has 3 unspecified atom stereocenters. The van der Waals surface area contributed by atoms with Gasteiger partial charge in [0.05, 0.1) is 13.2 Å². The summed E-state index contributed by atoms with van der Waals surface area (Å²) in [5.74, 6) is -6.63. The van der Waals surface area contributed by atoms with Crippen LogP contribution in [0.25, 0.3) is 0 Å². The van der Waals surface area contributed by atoms with Gasteiger partial charge in [-0.05, 0) is 13.0 Å². The number of hydrogen-bond donors (Lipinski definition) is 2. The van der Waals surface area contributed by atoms with Crippen molar-refractivity contribution < 1.29 is 36.6 Å². The Kier molecular flexibility index (Phi) is 6.92. The Morgan fingerprint density at radius 1 is 1.29 bits per heavy atom. The smallest absolute Gasteiger partial charge is 0.417 e. The molecule has 3 N–H and O–H groups in total. The van der Waals surface area contributed by atoms with Crippen LogP contribution in [0.3, 0.4) is 0 Å². The van der Waals surface area contributed by atoms with Crippen molar-refractivity contribution in [1.29, 1.82) is 0 Å². The molecule has 0 saturated carbocycles. The van der Waals surface area contributed by atoms with Crippen LogP contribution in [0.15, 0.2) is 38.4 Å². The minimum Gasteiger partial charge on any atom is -0.493 e. The first-order chi connectivity index (χ1) is 15.8. The fraction of sp³-hybridized carbons (Fsp3) is 0.455. The van der Waals surface area contributed by atoms with E-state index in [0.717, 1.165) is 26.2 Å². The lowest BCUT2D eigenvalue weighted by Crippen LogP contribution is -2.50. The summed E-state index contributed by atoms with van der Waals surface area (Å²) < 4.78 is 74.2. The van der Waals surface area contributed by atoms with Gasteiger partial charge in [-0.3, -0.25) is 14.8 Å². The number of halogens is 5. The van der Waals surface area contributed by atoms with Gasteiger partial charge in [0, 0.05) is 48.2 Å². The zero-order valence-electron chi connectivity index (χ0n) is 18.5. The number of ether oxygens (including phenoxy) is 1. The van der Waals surface area contributed by atoms with E-state index in [0.29, 0.717) is 18.9 Å². The number of alkyl halides is 3. The van der Waals surface area contributed by atoms with Crippen molar-refractivity contribution in [2.45, 2.75) is 50.4 Å². The standard InChI is InChI=1S/C22H23F5N4O3/c1-10(21(2,33)22(25,26)27)12(11-4-5-14(23)17(24)19(11)34-3)8-16-30-9-13-15(31-16)6-7-29-18(13)20(28)32/h4-5,7,9-10,12,15,33H,6,8H2,1-3H3,(H2,28,32)/t10?,12?,15?,21-/m1/s1. The number of amides is 1. The van der Waals surface area contributed by atoms with E-state index in [2.05, 4.69) is 15.0 Å². The van der Waals surface area contributed by atoms with Crippen LogP contribution in [-0.2, 0) is 4.79 Å². The highest BCUT2D eigenvalue weighted by molar-refractivity contribution is 6.06. The van der Waals surface area contributed by atoms with Gasteiger partial charge in [-0.1, -0.05) is 13.0 Å². The molecule has 4 atom stereocenters. The highest BCUT2D eigenvalue weighted by atomic mass is 19.4. The van der Waals surface area contributed by atoms with Crippen LogP contribution >= 0.6 is 0 Å². The number of rotatable bonds is 7. The summed E-state index contributed by atoms with van der Waals surface area (Å²) >= 11 is 0. The second kappa shape index (κ2) is 9.24. The molecule has 0 aromatic heterocycles. The molecular weight excluding hydrogens is 463 g/mol. The quantitative estimate of drug-likeness (QED) is 0.576. The molecule has 1 aromatic rings. The number of carbonyl (C=O) groups excluding carboxylic acids is 1. The summed E-state index contributed by atoms with van der Waals surface area (Å²) in [6.45, 7) is 1.76. The van der Waals surface area contributed by atoms with E-state index in [-0.39, 0.29) is 23.5 Å². The first-order valence-corrected chi connectivity index (χ1v) is 10.3. The number of carbonyl (C=O) groups is 1. The molecule has 0 bridgehead atoms. The maximum atomic E-state index is 14.4. The van der Waals surface area contributed by atoms with Crippen molar-refractivity contribution in [3.8, 4) is 5.75 Å². The molecule has 0 spiro atoms.